The van der Waals surface area contributed by atoms with E-state index in [1.54, 1.807) is 24.7 Å². The Hall–Kier alpha value is -4.02. The minimum atomic E-state index is 0.383. The van der Waals surface area contributed by atoms with E-state index in [9.17, 15) is 0 Å². The minimum Gasteiger partial charge on any atom is -0.480 e. The van der Waals surface area contributed by atoms with Crippen LogP contribution in [0, 0.1) is 0 Å². The summed E-state index contributed by atoms with van der Waals surface area (Å²) < 4.78 is 5.38. The van der Waals surface area contributed by atoms with Gasteiger partial charge < -0.3 is 15.5 Å². The fourth-order valence-corrected chi connectivity index (χ4v) is 4.18. The number of hydrogen-bond acceptors (Lipinski definition) is 9. The van der Waals surface area contributed by atoms with E-state index in [4.69, 9.17) is 10.5 Å². The number of nitrogens with two attached hydrogens (primary N) is 1. The standard InChI is InChI=1S/C29H41N9O/c1-8-39-24(7)35-29-34-23(6)27(36-29)26(28-31-10-9-11-32-28)16-21(4)25(17-30)18-33-22(5)19-37-12-14-38(15-13-37)20(2)3/h9-11,16-18,20H,5-8,12-15,19,30H2,1-4H3,(H2,34,35,36)/b21-16+,25-17+,27-26-,33-18?. The Bertz CT molecular complexity index is 1330. The molecule has 10 nitrogen and oxygen atoms in total. The van der Waals surface area contributed by atoms with Gasteiger partial charge in [0, 0.05) is 80.4 Å². The van der Waals surface area contributed by atoms with Gasteiger partial charge in [0.1, 0.15) is 5.35 Å². The molecule has 3 rings (SSSR count). The first-order valence-electron chi connectivity index (χ1n) is 13.2. The number of rotatable bonds is 12. The van der Waals surface area contributed by atoms with Crippen molar-refractivity contribution in [3.8, 4) is 0 Å². The molecule has 10 heteroatoms. The number of ether oxygens (including phenoxy) is 1. The largest absolute Gasteiger partial charge is 0.480 e. The van der Waals surface area contributed by atoms with Crippen LogP contribution < -0.4 is 21.7 Å². The Morgan fingerprint density at radius 3 is 2.54 bits per heavy atom. The lowest BCUT2D eigenvalue weighted by Crippen LogP contribution is -2.49. The smallest absolute Gasteiger partial charge is 0.208 e. The number of imidazole rings is 1. The lowest BCUT2D eigenvalue weighted by molar-refractivity contribution is 0.115. The molecule has 39 heavy (non-hydrogen) atoms. The third kappa shape index (κ3) is 8.49. The van der Waals surface area contributed by atoms with Crippen LogP contribution in [0.15, 0.2) is 71.6 Å². The number of H-pyrrole nitrogens is 1. The highest BCUT2D eigenvalue weighted by molar-refractivity contribution is 5.86. The van der Waals surface area contributed by atoms with E-state index in [-0.39, 0.29) is 0 Å². The molecule has 1 aliphatic heterocycles. The minimum absolute atomic E-state index is 0.383. The Balaban J connectivity index is 1.84. The zero-order valence-electron chi connectivity index (χ0n) is 23.6. The fourth-order valence-electron chi connectivity index (χ4n) is 4.18. The van der Waals surface area contributed by atoms with E-state index >= 15 is 0 Å². The van der Waals surface area contributed by atoms with Crippen molar-refractivity contribution >= 4 is 24.3 Å². The van der Waals surface area contributed by atoms with Crippen molar-refractivity contribution in [1.29, 1.82) is 0 Å². The SMILES string of the molecule is C=C(CN1CCN(C(C)C)CC1)N=CC(=C\N)/C(C)=C/C(c1ncccn1)=c1/nc(NC(=C)OCC)[nH]c1=C. The molecule has 2 aromatic rings. The van der Waals surface area contributed by atoms with Crippen LogP contribution in [0.5, 0.6) is 0 Å². The molecular weight excluding hydrogens is 490 g/mol. The van der Waals surface area contributed by atoms with E-state index in [0.717, 1.165) is 49.6 Å². The summed E-state index contributed by atoms with van der Waals surface area (Å²) in [5, 5.41) is 4.18. The first-order chi connectivity index (χ1) is 18.7. The molecule has 0 radical (unpaired) electrons. The van der Waals surface area contributed by atoms with E-state index in [0.29, 0.717) is 46.6 Å². The molecule has 0 spiro atoms. The average Bonchev–Trinajstić information content (AvgIpc) is 3.27. The summed E-state index contributed by atoms with van der Waals surface area (Å²) in [6, 6.07) is 2.33. The molecule has 0 unspecified atom stereocenters. The van der Waals surface area contributed by atoms with Gasteiger partial charge in [-0.1, -0.05) is 13.2 Å². The summed E-state index contributed by atoms with van der Waals surface area (Å²) in [5.74, 6) is 1.34. The molecule has 1 fully saturated rings. The van der Waals surface area contributed by atoms with E-state index in [1.165, 1.54) is 6.20 Å². The summed E-state index contributed by atoms with van der Waals surface area (Å²) in [6.45, 7) is 25.8. The molecule has 4 N–H and O–H groups in total. The number of nitrogens with one attached hydrogen (secondary N) is 2. The van der Waals surface area contributed by atoms with E-state index in [1.807, 2.05) is 19.9 Å². The van der Waals surface area contributed by atoms with Crippen LogP contribution in [-0.4, -0.2) is 81.3 Å². The molecule has 0 aliphatic carbocycles. The van der Waals surface area contributed by atoms with Crippen LogP contribution in [0.1, 0.15) is 33.5 Å². The topological polar surface area (TPSA) is 121 Å². The number of hydrogen-bond donors (Lipinski definition) is 3. The van der Waals surface area contributed by atoms with Crippen LogP contribution in [-0.2, 0) is 4.74 Å². The van der Waals surface area contributed by atoms with Gasteiger partial charge in [-0.15, -0.1) is 0 Å². The van der Waals surface area contributed by atoms with Crippen LogP contribution in [0.25, 0.3) is 12.2 Å². The summed E-state index contributed by atoms with van der Waals surface area (Å²) in [5.41, 5.74) is 9.08. The van der Waals surface area contributed by atoms with Gasteiger partial charge >= 0.3 is 0 Å². The maximum atomic E-state index is 6.01. The summed E-state index contributed by atoms with van der Waals surface area (Å²) in [4.78, 5) is 26.2. The third-order valence-electron chi connectivity index (χ3n) is 6.34. The Morgan fingerprint density at radius 2 is 1.92 bits per heavy atom. The van der Waals surface area contributed by atoms with Crippen molar-refractivity contribution in [1.82, 2.24) is 29.7 Å². The number of nitrogens with zero attached hydrogens (tertiary/aromatic N) is 6. The predicted molar refractivity (Wildman–Crippen MR) is 159 cm³/mol. The number of aromatic nitrogens is 4. The lowest BCUT2D eigenvalue weighted by Gasteiger charge is -2.36. The maximum Gasteiger partial charge on any atom is 0.208 e. The van der Waals surface area contributed by atoms with Crippen molar-refractivity contribution in [3.63, 3.8) is 0 Å². The van der Waals surface area contributed by atoms with Gasteiger partial charge in [-0.05, 0) is 52.0 Å². The fraction of sp³-hybridized carbons (Fsp3) is 0.379. The highest BCUT2D eigenvalue weighted by Gasteiger charge is 2.18. The molecule has 0 bridgehead atoms. The van der Waals surface area contributed by atoms with Crippen LogP contribution in [0.3, 0.4) is 0 Å². The molecule has 1 saturated heterocycles. The molecule has 0 saturated carbocycles. The summed E-state index contributed by atoms with van der Waals surface area (Å²) >= 11 is 0. The van der Waals surface area contributed by atoms with Crippen molar-refractivity contribution < 1.29 is 4.74 Å². The molecule has 0 aromatic carbocycles. The van der Waals surface area contributed by atoms with Crippen molar-refractivity contribution in [3.05, 3.63) is 83.1 Å². The Kier molecular flexibility index (Phi) is 10.8. The lowest BCUT2D eigenvalue weighted by atomic mass is 10.1. The van der Waals surface area contributed by atoms with Gasteiger partial charge in [0.05, 0.1) is 12.0 Å². The number of piperazine rings is 1. The first kappa shape index (κ1) is 29.5. The second kappa shape index (κ2) is 14.2. The van der Waals surface area contributed by atoms with Crippen LogP contribution in [0.4, 0.5) is 5.95 Å². The second-order valence-electron chi connectivity index (χ2n) is 9.56. The van der Waals surface area contributed by atoms with Crippen LogP contribution in [0.2, 0.25) is 0 Å². The summed E-state index contributed by atoms with van der Waals surface area (Å²) in [7, 11) is 0. The Labute approximate surface area is 231 Å². The monoisotopic (exact) mass is 531 g/mol. The van der Waals surface area contributed by atoms with Gasteiger partial charge in [0.2, 0.25) is 5.95 Å². The third-order valence-corrected chi connectivity index (χ3v) is 6.34. The Morgan fingerprint density at radius 1 is 1.23 bits per heavy atom. The van der Waals surface area contributed by atoms with Crippen molar-refractivity contribution in [2.45, 2.75) is 33.7 Å². The van der Waals surface area contributed by atoms with Gasteiger partial charge in [0.25, 0.3) is 0 Å². The quantitative estimate of drug-likeness (QED) is 0.216. The highest BCUT2D eigenvalue weighted by atomic mass is 16.5. The average molecular weight is 532 g/mol. The highest BCUT2D eigenvalue weighted by Crippen LogP contribution is 2.15. The first-order valence-corrected chi connectivity index (χ1v) is 13.2. The molecule has 3 heterocycles. The van der Waals surface area contributed by atoms with Crippen molar-refractivity contribution in [2.24, 2.45) is 10.7 Å². The number of aliphatic imine (C=N–C) groups is 1. The van der Waals surface area contributed by atoms with Gasteiger partial charge in [-0.2, -0.15) is 0 Å². The number of aromatic amines is 1. The molecule has 0 atom stereocenters. The van der Waals surface area contributed by atoms with Crippen molar-refractivity contribution in [2.75, 3.05) is 44.6 Å². The number of allylic oxidation sites excluding steroid dienone is 3. The summed E-state index contributed by atoms with van der Waals surface area (Å²) in [6.07, 6.45) is 8.57. The van der Waals surface area contributed by atoms with Gasteiger partial charge in [-0.25, -0.2) is 15.0 Å². The molecule has 1 aliphatic rings. The maximum absolute atomic E-state index is 6.01. The second-order valence-corrected chi connectivity index (χ2v) is 9.56. The predicted octanol–water partition coefficient (Wildman–Crippen LogP) is 2.13. The molecule has 2 aromatic heterocycles. The van der Waals surface area contributed by atoms with Crippen LogP contribution >= 0.6 is 0 Å². The number of anilines is 1. The molecular formula is C29H41N9O. The van der Waals surface area contributed by atoms with E-state index < -0.39 is 0 Å². The van der Waals surface area contributed by atoms with E-state index in [2.05, 4.69) is 73.6 Å². The normalized spacial score (nSPS) is 16.5. The zero-order valence-corrected chi connectivity index (χ0v) is 23.6. The molecule has 0 amide bonds. The van der Waals surface area contributed by atoms with Gasteiger partial charge in [-0.3, -0.25) is 20.1 Å². The zero-order chi connectivity index (χ0) is 28.4. The van der Waals surface area contributed by atoms with Gasteiger partial charge in [0.15, 0.2) is 11.7 Å². The molecule has 208 valence electrons.